The van der Waals surface area contributed by atoms with Crippen molar-refractivity contribution in [3.05, 3.63) is 29.3 Å². The highest BCUT2D eigenvalue weighted by Crippen LogP contribution is 2.27. The number of aromatic carboxylic acids is 1. The normalized spacial score (nSPS) is 15.6. The van der Waals surface area contributed by atoms with Gasteiger partial charge in [-0.2, -0.15) is 0 Å². The topological polar surface area (TPSA) is 40.5 Å². The van der Waals surface area contributed by atoms with Crippen LogP contribution in [0.2, 0.25) is 0 Å². The van der Waals surface area contributed by atoms with E-state index in [0.717, 1.165) is 24.3 Å². The van der Waals surface area contributed by atoms with Gasteiger partial charge in [0.1, 0.15) is 0 Å². The third-order valence-corrected chi connectivity index (χ3v) is 3.36. The van der Waals surface area contributed by atoms with Crippen LogP contribution in [0.5, 0.6) is 0 Å². The molecule has 0 atom stereocenters. The van der Waals surface area contributed by atoms with Crippen LogP contribution in [0, 0.1) is 0 Å². The molecule has 0 radical (unpaired) electrons. The Morgan fingerprint density at radius 2 is 1.94 bits per heavy atom. The first-order chi connectivity index (χ1) is 8.09. The summed E-state index contributed by atoms with van der Waals surface area (Å²) in [5, 5.41) is 9.26. The van der Waals surface area contributed by atoms with Gasteiger partial charge in [0.25, 0.3) is 0 Å². The van der Waals surface area contributed by atoms with Crippen LogP contribution in [0.3, 0.4) is 0 Å². The highest BCUT2D eigenvalue weighted by Gasteiger charge is 2.17. The van der Waals surface area contributed by atoms with Crippen molar-refractivity contribution in [3.8, 4) is 0 Å². The Bertz CT molecular complexity index is 420. The minimum atomic E-state index is -0.824. The van der Waals surface area contributed by atoms with Gasteiger partial charge in [0.2, 0.25) is 0 Å². The summed E-state index contributed by atoms with van der Waals surface area (Å²) in [5.74, 6) is -0.580. The lowest BCUT2D eigenvalue weighted by atomic mass is 9.96. The molecule has 0 amide bonds. The molecule has 1 aliphatic rings. The second-order valence-corrected chi connectivity index (χ2v) is 4.93. The van der Waals surface area contributed by atoms with E-state index < -0.39 is 5.97 Å². The highest BCUT2D eigenvalue weighted by atomic mass is 16.4. The first kappa shape index (κ1) is 12.0. The Kier molecular flexibility index (Phi) is 3.36. The molecule has 0 unspecified atom stereocenters. The van der Waals surface area contributed by atoms with Crippen LogP contribution in [0.1, 0.15) is 48.5 Å². The molecule has 0 aliphatic carbocycles. The number of nitrogens with zero attached hydrogens (tertiary/aromatic N) is 1. The maximum atomic E-state index is 11.3. The SMILES string of the molecule is CC(C)c1ccc(N2CCCC2)cc1C(=O)O. The quantitative estimate of drug-likeness (QED) is 0.872. The van der Waals surface area contributed by atoms with Crippen molar-refractivity contribution in [3.63, 3.8) is 0 Å². The molecule has 1 aromatic rings. The Morgan fingerprint density at radius 1 is 1.29 bits per heavy atom. The molecule has 17 heavy (non-hydrogen) atoms. The van der Waals surface area contributed by atoms with Gasteiger partial charge in [-0.15, -0.1) is 0 Å². The summed E-state index contributed by atoms with van der Waals surface area (Å²) in [7, 11) is 0. The average molecular weight is 233 g/mol. The Hall–Kier alpha value is -1.51. The molecule has 0 spiro atoms. The van der Waals surface area contributed by atoms with Crippen LogP contribution >= 0.6 is 0 Å². The number of carboxylic acid groups (broad SMARTS) is 1. The second-order valence-electron chi connectivity index (χ2n) is 4.93. The monoisotopic (exact) mass is 233 g/mol. The number of carboxylic acids is 1. The van der Waals surface area contributed by atoms with E-state index in [-0.39, 0.29) is 5.92 Å². The number of rotatable bonds is 3. The van der Waals surface area contributed by atoms with Gasteiger partial charge in [-0.3, -0.25) is 0 Å². The fourth-order valence-corrected chi connectivity index (χ4v) is 2.40. The number of hydrogen-bond acceptors (Lipinski definition) is 2. The minimum Gasteiger partial charge on any atom is -0.478 e. The van der Waals surface area contributed by atoms with Gasteiger partial charge in [0, 0.05) is 18.8 Å². The van der Waals surface area contributed by atoms with Crippen LogP contribution in [0.4, 0.5) is 5.69 Å². The van der Waals surface area contributed by atoms with E-state index in [1.165, 1.54) is 12.8 Å². The van der Waals surface area contributed by atoms with Gasteiger partial charge in [-0.1, -0.05) is 19.9 Å². The third kappa shape index (κ3) is 2.43. The third-order valence-electron chi connectivity index (χ3n) is 3.36. The highest BCUT2D eigenvalue weighted by molar-refractivity contribution is 5.91. The first-order valence-corrected chi connectivity index (χ1v) is 6.22. The first-order valence-electron chi connectivity index (χ1n) is 6.22. The van der Waals surface area contributed by atoms with Gasteiger partial charge < -0.3 is 10.0 Å². The molecule has 3 nitrogen and oxygen atoms in total. The summed E-state index contributed by atoms with van der Waals surface area (Å²) in [6, 6.07) is 5.83. The van der Waals surface area contributed by atoms with Gasteiger partial charge in [0.15, 0.2) is 0 Å². The molecule has 1 saturated heterocycles. The molecule has 0 saturated carbocycles. The van der Waals surface area contributed by atoms with Crippen molar-refractivity contribution in [2.24, 2.45) is 0 Å². The molecule has 0 bridgehead atoms. The minimum absolute atomic E-state index is 0.244. The lowest BCUT2D eigenvalue weighted by Crippen LogP contribution is -2.18. The van der Waals surface area contributed by atoms with Crippen molar-refractivity contribution >= 4 is 11.7 Å². The van der Waals surface area contributed by atoms with E-state index >= 15 is 0 Å². The molecule has 3 heteroatoms. The van der Waals surface area contributed by atoms with Crippen molar-refractivity contribution in [2.45, 2.75) is 32.6 Å². The Labute approximate surface area is 102 Å². The van der Waals surface area contributed by atoms with Crippen LogP contribution in [0.25, 0.3) is 0 Å². The second kappa shape index (κ2) is 4.78. The van der Waals surface area contributed by atoms with Crippen molar-refractivity contribution in [2.75, 3.05) is 18.0 Å². The number of carbonyl (C=O) groups is 1. The van der Waals surface area contributed by atoms with E-state index in [1.54, 1.807) is 0 Å². The molecular weight excluding hydrogens is 214 g/mol. The predicted octanol–water partition coefficient (Wildman–Crippen LogP) is 3.11. The number of hydrogen-bond donors (Lipinski definition) is 1. The van der Waals surface area contributed by atoms with E-state index in [4.69, 9.17) is 0 Å². The number of anilines is 1. The Morgan fingerprint density at radius 3 is 2.47 bits per heavy atom. The molecule has 0 aromatic heterocycles. The van der Waals surface area contributed by atoms with Crippen LogP contribution < -0.4 is 4.90 Å². The fraction of sp³-hybridized carbons (Fsp3) is 0.500. The summed E-state index contributed by atoms with van der Waals surface area (Å²) in [4.78, 5) is 13.5. The zero-order valence-electron chi connectivity index (χ0n) is 10.4. The molecule has 92 valence electrons. The van der Waals surface area contributed by atoms with Crippen LogP contribution in [-0.4, -0.2) is 24.2 Å². The van der Waals surface area contributed by atoms with Gasteiger partial charge in [-0.25, -0.2) is 4.79 Å². The summed E-state index contributed by atoms with van der Waals surface area (Å²) in [5.41, 5.74) is 2.41. The molecule has 2 rings (SSSR count). The molecule has 1 aliphatic heterocycles. The fourth-order valence-electron chi connectivity index (χ4n) is 2.40. The largest absolute Gasteiger partial charge is 0.478 e. The van der Waals surface area contributed by atoms with Crippen molar-refractivity contribution < 1.29 is 9.90 Å². The maximum absolute atomic E-state index is 11.3. The van der Waals surface area contributed by atoms with E-state index in [2.05, 4.69) is 4.90 Å². The molecule has 1 N–H and O–H groups in total. The van der Waals surface area contributed by atoms with Crippen LogP contribution in [0.15, 0.2) is 18.2 Å². The lowest BCUT2D eigenvalue weighted by molar-refractivity contribution is 0.0695. The predicted molar refractivity (Wildman–Crippen MR) is 68.9 cm³/mol. The van der Waals surface area contributed by atoms with Crippen molar-refractivity contribution in [1.82, 2.24) is 0 Å². The summed E-state index contributed by atoms with van der Waals surface area (Å²) in [6.45, 7) is 6.13. The summed E-state index contributed by atoms with van der Waals surface area (Å²) >= 11 is 0. The van der Waals surface area contributed by atoms with Gasteiger partial charge >= 0.3 is 5.97 Å². The smallest absolute Gasteiger partial charge is 0.336 e. The van der Waals surface area contributed by atoms with Gasteiger partial charge in [0.05, 0.1) is 5.56 Å². The van der Waals surface area contributed by atoms with Crippen molar-refractivity contribution in [1.29, 1.82) is 0 Å². The maximum Gasteiger partial charge on any atom is 0.336 e. The summed E-state index contributed by atoms with van der Waals surface area (Å²) < 4.78 is 0. The zero-order valence-corrected chi connectivity index (χ0v) is 10.4. The molecular formula is C14H19NO2. The van der Waals surface area contributed by atoms with Gasteiger partial charge in [-0.05, 0) is 36.5 Å². The van der Waals surface area contributed by atoms with E-state index in [1.807, 2.05) is 32.0 Å². The average Bonchev–Trinajstić information content (AvgIpc) is 2.81. The van der Waals surface area contributed by atoms with E-state index in [0.29, 0.717) is 5.56 Å². The van der Waals surface area contributed by atoms with Crippen LogP contribution in [-0.2, 0) is 0 Å². The lowest BCUT2D eigenvalue weighted by Gasteiger charge is -2.20. The summed E-state index contributed by atoms with van der Waals surface area (Å²) in [6.07, 6.45) is 2.41. The Balaban J connectivity index is 2.37. The standard InChI is InChI=1S/C14H19NO2/c1-10(2)12-6-5-11(9-13(12)14(16)17)15-7-3-4-8-15/h5-6,9-10H,3-4,7-8H2,1-2H3,(H,16,17). The molecule has 1 aromatic carbocycles. The number of benzene rings is 1. The molecule has 1 heterocycles. The van der Waals surface area contributed by atoms with E-state index in [9.17, 15) is 9.90 Å². The molecule has 1 fully saturated rings. The zero-order chi connectivity index (χ0) is 12.4.